The fourth-order valence-corrected chi connectivity index (χ4v) is 2.84. The summed E-state index contributed by atoms with van der Waals surface area (Å²) in [5.74, 6) is 0.402. The molecule has 2 N–H and O–H groups in total. The van der Waals surface area contributed by atoms with Gasteiger partial charge < -0.3 is 14.8 Å². The largest absolute Gasteiger partial charge is 0.443 e. The molecule has 1 atom stereocenters. The summed E-state index contributed by atoms with van der Waals surface area (Å²) in [6.45, 7) is 7.73. The zero-order chi connectivity index (χ0) is 17.9. The number of aliphatic hydroxyl groups is 1. The number of aliphatic hydroxyl groups excluding tert-OH is 1. The van der Waals surface area contributed by atoms with Crippen molar-refractivity contribution < 1.29 is 14.3 Å². The van der Waals surface area contributed by atoms with Crippen molar-refractivity contribution in [3.63, 3.8) is 0 Å². The second-order valence-corrected chi connectivity index (χ2v) is 6.82. The van der Waals surface area contributed by atoms with E-state index < -0.39 is 6.10 Å². The summed E-state index contributed by atoms with van der Waals surface area (Å²) in [5.41, 5.74) is 0.223. The number of aromatic nitrogens is 1. The molecule has 2 rings (SSSR count). The van der Waals surface area contributed by atoms with Crippen LogP contribution in [0.3, 0.4) is 0 Å². The SMILES string of the molecule is Cc1oc(-n2cccc2)c(C#N)c1C(=O)NCC(C)(C)CC(C)O. The van der Waals surface area contributed by atoms with Crippen molar-refractivity contribution in [1.82, 2.24) is 9.88 Å². The molecule has 0 aromatic carbocycles. The van der Waals surface area contributed by atoms with Crippen LogP contribution in [0, 0.1) is 23.7 Å². The zero-order valence-corrected chi connectivity index (χ0v) is 14.5. The predicted molar refractivity (Wildman–Crippen MR) is 89.9 cm³/mol. The Morgan fingerprint density at radius 1 is 1.46 bits per heavy atom. The Balaban J connectivity index is 2.23. The molecule has 0 saturated carbocycles. The molecular weight excluding hydrogens is 306 g/mol. The first kappa shape index (κ1) is 17.8. The Morgan fingerprint density at radius 3 is 2.62 bits per heavy atom. The van der Waals surface area contributed by atoms with E-state index >= 15 is 0 Å². The van der Waals surface area contributed by atoms with Gasteiger partial charge in [-0.25, -0.2) is 0 Å². The number of hydrogen-bond donors (Lipinski definition) is 2. The molecule has 0 saturated heterocycles. The molecule has 2 aromatic rings. The van der Waals surface area contributed by atoms with Crippen molar-refractivity contribution in [2.24, 2.45) is 5.41 Å². The Hall–Kier alpha value is -2.52. The second kappa shape index (κ2) is 6.93. The number of carbonyl (C=O) groups is 1. The highest BCUT2D eigenvalue weighted by Gasteiger charge is 2.27. The molecule has 2 aromatic heterocycles. The van der Waals surface area contributed by atoms with Gasteiger partial charge in [0.15, 0.2) is 0 Å². The first-order valence-corrected chi connectivity index (χ1v) is 7.88. The molecule has 1 unspecified atom stereocenters. The Bertz CT molecular complexity index is 749. The van der Waals surface area contributed by atoms with Crippen LogP contribution in [0.15, 0.2) is 28.9 Å². The lowest BCUT2D eigenvalue weighted by atomic mass is 9.87. The molecule has 128 valence electrons. The lowest BCUT2D eigenvalue weighted by Crippen LogP contribution is -2.36. The van der Waals surface area contributed by atoms with Crippen molar-refractivity contribution >= 4 is 5.91 Å². The van der Waals surface area contributed by atoms with Crippen LogP contribution in [0.2, 0.25) is 0 Å². The predicted octanol–water partition coefficient (Wildman–Crippen LogP) is 2.78. The summed E-state index contributed by atoms with van der Waals surface area (Å²) in [6.07, 6.45) is 3.64. The second-order valence-electron chi connectivity index (χ2n) is 6.82. The van der Waals surface area contributed by atoms with Gasteiger partial charge >= 0.3 is 0 Å². The molecule has 0 spiro atoms. The van der Waals surface area contributed by atoms with Crippen LogP contribution in [0.25, 0.3) is 5.88 Å². The van der Waals surface area contributed by atoms with E-state index in [0.717, 1.165) is 0 Å². The van der Waals surface area contributed by atoms with Gasteiger partial charge in [-0.1, -0.05) is 13.8 Å². The standard InChI is InChI=1S/C18H23N3O3/c1-12(22)9-18(3,4)11-20-16(23)15-13(2)24-17(14(15)10-19)21-7-5-6-8-21/h5-8,12,22H,9,11H2,1-4H3,(H,20,23). The van der Waals surface area contributed by atoms with Crippen molar-refractivity contribution in [2.45, 2.75) is 40.2 Å². The van der Waals surface area contributed by atoms with Gasteiger partial charge in [-0.15, -0.1) is 0 Å². The maximum atomic E-state index is 12.6. The minimum Gasteiger partial charge on any atom is -0.443 e. The topological polar surface area (TPSA) is 91.2 Å². The van der Waals surface area contributed by atoms with E-state index in [9.17, 15) is 15.2 Å². The molecule has 0 aliphatic heterocycles. The number of aryl methyl sites for hydroxylation is 1. The third-order valence-corrected chi connectivity index (χ3v) is 3.82. The summed E-state index contributed by atoms with van der Waals surface area (Å²) < 4.78 is 7.30. The smallest absolute Gasteiger partial charge is 0.256 e. The summed E-state index contributed by atoms with van der Waals surface area (Å²) in [6, 6.07) is 5.70. The van der Waals surface area contributed by atoms with Crippen LogP contribution in [0.5, 0.6) is 0 Å². The van der Waals surface area contributed by atoms with Gasteiger partial charge in [0.2, 0.25) is 5.88 Å². The number of furan rings is 1. The number of nitrogens with one attached hydrogen (secondary N) is 1. The Morgan fingerprint density at radius 2 is 2.08 bits per heavy atom. The monoisotopic (exact) mass is 329 g/mol. The van der Waals surface area contributed by atoms with E-state index in [1.54, 1.807) is 30.8 Å². The molecule has 2 heterocycles. The molecular formula is C18H23N3O3. The lowest BCUT2D eigenvalue weighted by molar-refractivity contribution is 0.0900. The van der Waals surface area contributed by atoms with Gasteiger partial charge in [-0.05, 0) is 37.8 Å². The molecule has 24 heavy (non-hydrogen) atoms. The van der Waals surface area contributed by atoms with Gasteiger partial charge in [0.25, 0.3) is 5.91 Å². The van der Waals surface area contributed by atoms with E-state index in [1.807, 2.05) is 26.0 Å². The van der Waals surface area contributed by atoms with Crippen LogP contribution in [0.1, 0.15) is 48.9 Å². The molecule has 0 aliphatic carbocycles. The van der Waals surface area contributed by atoms with Gasteiger partial charge in [0.1, 0.15) is 23.0 Å². The highest BCUT2D eigenvalue weighted by molar-refractivity contribution is 5.98. The average molecular weight is 329 g/mol. The van der Waals surface area contributed by atoms with Crippen LogP contribution >= 0.6 is 0 Å². The molecule has 0 fully saturated rings. The molecule has 6 heteroatoms. The highest BCUT2D eigenvalue weighted by Crippen LogP contribution is 2.26. The van der Waals surface area contributed by atoms with E-state index in [0.29, 0.717) is 24.6 Å². The van der Waals surface area contributed by atoms with Gasteiger partial charge in [0.05, 0.1) is 6.10 Å². The zero-order valence-electron chi connectivity index (χ0n) is 14.5. The summed E-state index contributed by atoms with van der Waals surface area (Å²) >= 11 is 0. The number of amides is 1. The number of carbonyl (C=O) groups excluding carboxylic acids is 1. The quantitative estimate of drug-likeness (QED) is 0.852. The third kappa shape index (κ3) is 3.87. The normalized spacial score (nSPS) is 12.7. The summed E-state index contributed by atoms with van der Waals surface area (Å²) in [4.78, 5) is 12.6. The third-order valence-electron chi connectivity index (χ3n) is 3.82. The van der Waals surface area contributed by atoms with Gasteiger partial charge in [0, 0.05) is 18.9 Å². The minimum absolute atomic E-state index is 0.217. The van der Waals surface area contributed by atoms with Crippen molar-refractivity contribution in [2.75, 3.05) is 6.54 Å². The summed E-state index contributed by atoms with van der Waals surface area (Å²) in [7, 11) is 0. The number of rotatable bonds is 6. The van der Waals surface area contributed by atoms with E-state index in [4.69, 9.17) is 4.42 Å². The van der Waals surface area contributed by atoms with Gasteiger partial charge in [-0.2, -0.15) is 5.26 Å². The maximum Gasteiger partial charge on any atom is 0.256 e. The van der Waals surface area contributed by atoms with Crippen LogP contribution in [-0.4, -0.2) is 28.2 Å². The van der Waals surface area contributed by atoms with E-state index in [-0.39, 0.29) is 22.4 Å². The minimum atomic E-state index is -0.442. The maximum absolute atomic E-state index is 12.6. The van der Waals surface area contributed by atoms with Crippen molar-refractivity contribution in [1.29, 1.82) is 5.26 Å². The molecule has 0 radical (unpaired) electrons. The Kier molecular flexibility index (Phi) is 5.15. The van der Waals surface area contributed by atoms with Gasteiger partial charge in [-0.3, -0.25) is 9.36 Å². The number of nitriles is 1. The average Bonchev–Trinajstić information content (AvgIpc) is 3.10. The van der Waals surface area contributed by atoms with Crippen molar-refractivity contribution in [3.05, 3.63) is 41.4 Å². The first-order chi connectivity index (χ1) is 11.2. The molecule has 6 nitrogen and oxygen atoms in total. The van der Waals surface area contributed by atoms with E-state index in [1.165, 1.54) is 0 Å². The molecule has 0 aliphatic rings. The van der Waals surface area contributed by atoms with E-state index in [2.05, 4.69) is 11.4 Å². The highest BCUT2D eigenvalue weighted by atomic mass is 16.4. The Labute approximate surface area is 141 Å². The number of nitrogens with zero attached hydrogens (tertiary/aromatic N) is 2. The van der Waals surface area contributed by atoms with Crippen molar-refractivity contribution in [3.8, 4) is 12.0 Å². The molecule has 0 bridgehead atoms. The fraction of sp³-hybridized carbons (Fsp3) is 0.444. The molecule has 1 amide bonds. The van der Waals surface area contributed by atoms with Crippen LogP contribution < -0.4 is 5.32 Å². The first-order valence-electron chi connectivity index (χ1n) is 7.88. The lowest BCUT2D eigenvalue weighted by Gasteiger charge is -2.26. The van der Waals surface area contributed by atoms with Crippen LogP contribution in [-0.2, 0) is 0 Å². The summed E-state index contributed by atoms with van der Waals surface area (Å²) in [5, 5.41) is 21.9. The number of hydrogen-bond acceptors (Lipinski definition) is 4. The van der Waals surface area contributed by atoms with Crippen LogP contribution in [0.4, 0.5) is 0 Å². The fourth-order valence-electron chi connectivity index (χ4n) is 2.84.